The number of hydrogen-bond donors (Lipinski definition) is 1. The van der Waals surface area contributed by atoms with Gasteiger partial charge in [0.05, 0.1) is 6.04 Å². The Balaban J connectivity index is 1.57. The van der Waals surface area contributed by atoms with E-state index < -0.39 is 6.04 Å². The lowest BCUT2D eigenvalue weighted by Crippen LogP contribution is -2.44. The van der Waals surface area contributed by atoms with Crippen LogP contribution in [0, 0.1) is 0 Å². The van der Waals surface area contributed by atoms with Gasteiger partial charge in [-0.1, -0.05) is 37.7 Å². The van der Waals surface area contributed by atoms with Gasteiger partial charge in [-0.25, -0.2) is 4.79 Å². The molecule has 134 valence electrons. The molecule has 0 aromatic heterocycles. The molecule has 1 unspecified atom stereocenters. The Labute approximate surface area is 151 Å². The minimum Gasteiger partial charge on any atom is -0.344 e. The van der Waals surface area contributed by atoms with Crippen molar-refractivity contribution in [3.05, 3.63) is 29.8 Å². The Hall–Kier alpha value is -2.02. The van der Waals surface area contributed by atoms with Gasteiger partial charge in [0.15, 0.2) is 0 Å². The summed E-state index contributed by atoms with van der Waals surface area (Å²) in [4.78, 5) is 39.5. The molecule has 3 rings (SSSR count). The molecule has 2 aliphatic rings. The predicted molar refractivity (Wildman–Crippen MR) is 98.9 cm³/mol. The van der Waals surface area contributed by atoms with E-state index in [2.05, 4.69) is 19.2 Å². The average Bonchev–Trinajstić information content (AvgIpc) is 3.14. The molecule has 0 spiro atoms. The molecule has 1 N–H and O–H groups in total. The zero-order valence-corrected chi connectivity index (χ0v) is 15.3. The van der Waals surface area contributed by atoms with E-state index in [4.69, 9.17) is 0 Å². The van der Waals surface area contributed by atoms with Gasteiger partial charge in [-0.3, -0.25) is 14.5 Å². The second-order valence-corrected chi connectivity index (χ2v) is 7.78. The number of carbonyl (C=O) groups is 3. The van der Waals surface area contributed by atoms with Crippen LogP contribution in [0.15, 0.2) is 24.3 Å². The van der Waals surface area contributed by atoms with Crippen LogP contribution in [-0.2, 0) is 9.59 Å². The molecule has 25 heavy (non-hydrogen) atoms. The van der Waals surface area contributed by atoms with Crippen molar-refractivity contribution < 1.29 is 14.4 Å². The maximum atomic E-state index is 12.6. The second kappa shape index (κ2) is 7.47. The van der Waals surface area contributed by atoms with E-state index >= 15 is 0 Å². The first-order valence-electron chi connectivity index (χ1n) is 8.58. The molecule has 0 radical (unpaired) electrons. The van der Waals surface area contributed by atoms with E-state index in [-0.39, 0.29) is 23.6 Å². The Kier molecular flexibility index (Phi) is 5.32. The predicted octanol–water partition coefficient (Wildman–Crippen LogP) is 2.20. The topological polar surface area (TPSA) is 69.7 Å². The van der Waals surface area contributed by atoms with Gasteiger partial charge in [0, 0.05) is 24.5 Å². The number of nitrogens with one attached hydrogen (secondary N) is 1. The number of nitrogens with zero attached hydrogens (tertiary/aromatic N) is 2. The summed E-state index contributed by atoms with van der Waals surface area (Å²) >= 11 is 1.25. The van der Waals surface area contributed by atoms with Gasteiger partial charge in [-0.2, -0.15) is 0 Å². The fourth-order valence-corrected chi connectivity index (χ4v) is 3.98. The molecular formula is C18H23N3O3S. The molecule has 1 aromatic carbocycles. The maximum Gasteiger partial charge on any atom is 0.325 e. The molecular weight excluding hydrogens is 338 g/mol. The van der Waals surface area contributed by atoms with E-state index in [0.29, 0.717) is 25.4 Å². The van der Waals surface area contributed by atoms with Crippen LogP contribution >= 0.6 is 11.8 Å². The lowest BCUT2D eigenvalue weighted by Gasteiger charge is -2.19. The van der Waals surface area contributed by atoms with Gasteiger partial charge in [-0.15, -0.1) is 0 Å². The van der Waals surface area contributed by atoms with Crippen LogP contribution in [0.4, 0.5) is 10.5 Å². The number of benzene rings is 1. The molecule has 1 atom stereocenters. The molecule has 7 heteroatoms. The minimum atomic E-state index is -0.408. The summed E-state index contributed by atoms with van der Waals surface area (Å²) in [7, 11) is 0. The first-order valence-corrected chi connectivity index (χ1v) is 9.56. The highest BCUT2D eigenvalue weighted by atomic mass is 32.2. The van der Waals surface area contributed by atoms with Crippen molar-refractivity contribution in [2.75, 3.05) is 30.3 Å². The van der Waals surface area contributed by atoms with E-state index in [9.17, 15) is 14.4 Å². The number of urea groups is 1. The molecule has 2 aliphatic heterocycles. The van der Waals surface area contributed by atoms with Crippen LogP contribution in [-0.4, -0.2) is 53.4 Å². The lowest BCUT2D eigenvalue weighted by atomic mass is 10.0. The van der Waals surface area contributed by atoms with Crippen LogP contribution in [0.5, 0.6) is 0 Å². The fourth-order valence-electron chi connectivity index (χ4n) is 3.05. The molecule has 2 fully saturated rings. The first-order chi connectivity index (χ1) is 12.0. The van der Waals surface area contributed by atoms with Crippen LogP contribution in [0.2, 0.25) is 0 Å². The van der Waals surface area contributed by atoms with E-state index in [1.165, 1.54) is 22.2 Å². The highest BCUT2D eigenvalue weighted by Crippen LogP contribution is 2.23. The smallest absolute Gasteiger partial charge is 0.325 e. The highest BCUT2D eigenvalue weighted by molar-refractivity contribution is 8.14. The molecule has 0 aliphatic carbocycles. The summed E-state index contributed by atoms with van der Waals surface area (Å²) in [5, 5.41) is 2.74. The van der Waals surface area contributed by atoms with Gasteiger partial charge in [0.25, 0.3) is 0 Å². The van der Waals surface area contributed by atoms with Crippen molar-refractivity contribution in [1.82, 2.24) is 10.2 Å². The molecule has 0 bridgehead atoms. The first kappa shape index (κ1) is 17.8. The number of amides is 3. The summed E-state index contributed by atoms with van der Waals surface area (Å²) in [5.41, 5.74) is 2.07. The molecule has 0 saturated carbocycles. The lowest BCUT2D eigenvalue weighted by molar-refractivity contribution is -0.124. The summed E-state index contributed by atoms with van der Waals surface area (Å²) in [5.74, 6) is 0.915. The normalized spacial score (nSPS) is 20.7. The van der Waals surface area contributed by atoms with Crippen LogP contribution < -0.4 is 10.2 Å². The number of anilines is 1. The Morgan fingerprint density at radius 1 is 1.24 bits per heavy atom. The largest absolute Gasteiger partial charge is 0.344 e. The third-order valence-corrected chi connectivity index (χ3v) is 5.58. The molecule has 6 nitrogen and oxygen atoms in total. The number of thioether (sulfide) groups is 1. The fraction of sp³-hybridized carbons (Fsp3) is 0.500. The Morgan fingerprint density at radius 3 is 2.56 bits per heavy atom. The van der Waals surface area contributed by atoms with Crippen LogP contribution in [0.3, 0.4) is 0 Å². The standard InChI is InChI=1S/C18H23N3O3S/c1-12(2)13-3-5-14(6-4-13)21-9-8-20(18(21)24)11-16(22)19-15-7-10-25-17(15)23/h3-6,12,15H,7-11H2,1-2H3,(H,19,22). The van der Waals surface area contributed by atoms with Crippen molar-refractivity contribution in [1.29, 1.82) is 0 Å². The van der Waals surface area contributed by atoms with Gasteiger partial charge < -0.3 is 10.2 Å². The van der Waals surface area contributed by atoms with Crippen molar-refractivity contribution in [3.8, 4) is 0 Å². The number of rotatable bonds is 5. The van der Waals surface area contributed by atoms with Gasteiger partial charge in [-0.05, 0) is 30.0 Å². The molecule has 2 heterocycles. The summed E-state index contributed by atoms with van der Waals surface area (Å²) in [6.07, 6.45) is 0.664. The molecule has 1 aromatic rings. The van der Waals surface area contributed by atoms with Crippen molar-refractivity contribution in [3.63, 3.8) is 0 Å². The van der Waals surface area contributed by atoms with Crippen molar-refractivity contribution in [2.45, 2.75) is 32.2 Å². The Bertz CT molecular complexity index is 675. The molecule has 3 amide bonds. The van der Waals surface area contributed by atoms with Gasteiger partial charge >= 0.3 is 6.03 Å². The van der Waals surface area contributed by atoms with Crippen LogP contribution in [0.1, 0.15) is 31.7 Å². The summed E-state index contributed by atoms with van der Waals surface area (Å²) in [6.45, 7) is 5.32. The van der Waals surface area contributed by atoms with E-state index in [1.807, 2.05) is 24.3 Å². The van der Waals surface area contributed by atoms with Crippen LogP contribution in [0.25, 0.3) is 0 Å². The SMILES string of the molecule is CC(C)c1ccc(N2CCN(CC(=O)NC3CCSC3=O)C2=O)cc1. The van der Waals surface area contributed by atoms with E-state index in [1.54, 1.807) is 4.90 Å². The van der Waals surface area contributed by atoms with Gasteiger partial charge in [0.2, 0.25) is 11.0 Å². The minimum absolute atomic E-state index is 0.00609. The summed E-state index contributed by atoms with van der Waals surface area (Å²) < 4.78 is 0. The Morgan fingerprint density at radius 2 is 1.96 bits per heavy atom. The number of carbonyl (C=O) groups excluding carboxylic acids is 3. The number of hydrogen-bond acceptors (Lipinski definition) is 4. The third kappa shape index (κ3) is 3.98. The monoisotopic (exact) mass is 361 g/mol. The zero-order valence-electron chi connectivity index (χ0n) is 14.5. The average molecular weight is 361 g/mol. The van der Waals surface area contributed by atoms with Gasteiger partial charge in [0.1, 0.15) is 6.54 Å². The van der Waals surface area contributed by atoms with E-state index in [0.717, 1.165) is 11.4 Å². The highest BCUT2D eigenvalue weighted by Gasteiger charge is 2.32. The van der Waals surface area contributed by atoms with Crippen molar-refractivity contribution in [2.24, 2.45) is 0 Å². The second-order valence-electron chi connectivity index (χ2n) is 6.68. The maximum absolute atomic E-state index is 12.6. The quantitative estimate of drug-likeness (QED) is 0.873. The third-order valence-electron chi connectivity index (χ3n) is 4.57. The summed E-state index contributed by atoms with van der Waals surface area (Å²) in [6, 6.07) is 7.39. The van der Waals surface area contributed by atoms with Crippen molar-refractivity contribution >= 4 is 34.5 Å². The molecule has 2 saturated heterocycles. The zero-order chi connectivity index (χ0) is 18.0.